The molecule has 0 aromatic carbocycles. The number of nitrogens with zero attached hydrogens (tertiary/aromatic N) is 4. The Kier molecular flexibility index (Phi) is 6.05. The highest BCUT2D eigenvalue weighted by Crippen LogP contribution is 2.17. The third-order valence-corrected chi connectivity index (χ3v) is 4.16. The zero-order valence-corrected chi connectivity index (χ0v) is 14.9. The van der Waals surface area contributed by atoms with Crippen molar-refractivity contribution in [2.75, 3.05) is 43.9 Å². The van der Waals surface area contributed by atoms with Crippen LogP contribution in [0.3, 0.4) is 0 Å². The fourth-order valence-corrected chi connectivity index (χ4v) is 2.96. The fourth-order valence-electron chi connectivity index (χ4n) is 2.96. The van der Waals surface area contributed by atoms with Crippen LogP contribution in [0.5, 0.6) is 6.01 Å². The van der Waals surface area contributed by atoms with Gasteiger partial charge in [0.15, 0.2) is 0 Å². The average Bonchev–Trinajstić information content (AvgIpc) is 3.12. The van der Waals surface area contributed by atoms with Crippen LogP contribution in [-0.4, -0.2) is 53.1 Å². The number of rotatable bonds is 8. The lowest BCUT2D eigenvalue weighted by molar-refractivity contribution is 0.217. The second kappa shape index (κ2) is 8.66. The van der Waals surface area contributed by atoms with E-state index in [0.717, 1.165) is 18.8 Å². The minimum atomic E-state index is 0.322. The van der Waals surface area contributed by atoms with Gasteiger partial charge in [-0.2, -0.15) is 15.0 Å². The topological polar surface area (TPSA) is 88.3 Å². The first-order chi connectivity index (χ1) is 12.2. The van der Waals surface area contributed by atoms with Gasteiger partial charge in [-0.15, -0.1) is 0 Å². The highest BCUT2D eigenvalue weighted by Gasteiger charge is 2.17. The molecule has 2 N–H and O–H groups in total. The molecule has 8 nitrogen and oxygen atoms in total. The van der Waals surface area contributed by atoms with Crippen molar-refractivity contribution in [3.63, 3.8) is 0 Å². The van der Waals surface area contributed by atoms with E-state index in [9.17, 15) is 0 Å². The number of furan rings is 1. The first kappa shape index (κ1) is 17.5. The van der Waals surface area contributed by atoms with Crippen LogP contribution in [0.4, 0.5) is 11.9 Å². The average molecular weight is 346 g/mol. The largest absolute Gasteiger partial charge is 0.467 e. The summed E-state index contributed by atoms with van der Waals surface area (Å²) in [4.78, 5) is 15.4. The maximum atomic E-state index is 5.46. The number of hydrogen-bond acceptors (Lipinski definition) is 8. The molecule has 0 spiro atoms. The van der Waals surface area contributed by atoms with Crippen LogP contribution in [0.25, 0.3) is 0 Å². The lowest BCUT2D eigenvalue weighted by Gasteiger charge is -2.29. The quantitative estimate of drug-likeness (QED) is 0.752. The molecule has 1 saturated heterocycles. The van der Waals surface area contributed by atoms with Crippen molar-refractivity contribution in [2.24, 2.45) is 5.92 Å². The number of aromatic nitrogens is 3. The molecule has 1 unspecified atom stereocenters. The van der Waals surface area contributed by atoms with E-state index in [1.165, 1.54) is 19.4 Å². The Morgan fingerprint density at radius 3 is 2.84 bits per heavy atom. The minimum Gasteiger partial charge on any atom is -0.467 e. The molecular weight excluding hydrogens is 320 g/mol. The monoisotopic (exact) mass is 346 g/mol. The van der Waals surface area contributed by atoms with Gasteiger partial charge in [-0.25, -0.2) is 0 Å². The van der Waals surface area contributed by atoms with Crippen molar-refractivity contribution >= 4 is 11.9 Å². The minimum absolute atomic E-state index is 0.322. The summed E-state index contributed by atoms with van der Waals surface area (Å²) in [6.45, 7) is 6.05. The van der Waals surface area contributed by atoms with Crippen molar-refractivity contribution in [1.82, 2.24) is 19.9 Å². The van der Waals surface area contributed by atoms with Crippen LogP contribution in [0.15, 0.2) is 22.8 Å². The van der Waals surface area contributed by atoms with Gasteiger partial charge < -0.3 is 24.7 Å². The zero-order valence-electron chi connectivity index (χ0n) is 14.9. The van der Waals surface area contributed by atoms with Gasteiger partial charge in [0.05, 0.1) is 19.4 Å². The number of ether oxygens (including phenoxy) is 1. The van der Waals surface area contributed by atoms with Gasteiger partial charge in [0.2, 0.25) is 11.9 Å². The molecule has 1 fully saturated rings. The van der Waals surface area contributed by atoms with Gasteiger partial charge in [0.1, 0.15) is 5.76 Å². The lowest BCUT2D eigenvalue weighted by atomic mass is 9.99. The summed E-state index contributed by atoms with van der Waals surface area (Å²) < 4.78 is 10.8. The Bertz CT molecular complexity index is 649. The summed E-state index contributed by atoms with van der Waals surface area (Å²) in [5.41, 5.74) is 0. The Morgan fingerprint density at radius 2 is 2.12 bits per heavy atom. The molecule has 1 aliphatic heterocycles. The smallest absolute Gasteiger partial charge is 0.323 e. The van der Waals surface area contributed by atoms with Crippen LogP contribution in [0, 0.1) is 5.92 Å². The van der Waals surface area contributed by atoms with Crippen molar-refractivity contribution in [2.45, 2.75) is 26.3 Å². The van der Waals surface area contributed by atoms with E-state index in [4.69, 9.17) is 9.15 Å². The maximum Gasteiger partial charge on any atom is 0.323 e. The van der Waals surface area contributed by atoms with E-state index in [-0.39, 0.29) is 0 Å². The number of hydrogen-bond donors (Lipinski definition) is 2. The summed E-state index contributed by atoms with van der Waals surface area (Å²) in [5, 5.41) is 6.48. The number of likely N-dealkylation sites (tertiary alicyclic amines) is 1. The highest BCUT2D eigenvalue weighted by atomic mass is 16.5. The molecule has 1 aliphatic rings. The van der Waals surface area contributed by atoms with Gasteiger partial charge in [-0.05, 0) is 51.4 Å². The molecule has 3 rings (SSSR count). The predicted molar refractivity (Wildman–Crippen MR) is 95.7 cm³/mol. The molecule has 136 valence electrons. The number of anilines is 2. The first-order valence-electron chi connectivity index (χ1n) is 8.80. The molecule has 0 bridgehead atoms. The van der Waals surface area contributed by atoms with Crippen molar-refractivity contribution in [3.8, 4) is 6.01 Å². The molecule has 2 aromatic rings. The molecule has 3 heterocycles. The number of piperidine rings is 1. The van der Waals surface area contributed by atoms with Crippen molar-refractivity contribution in [3.05, 3.63) is 24.2 Å². The molecular formula is C17H26N6O2. The molecule has 0 aliphatic carbocycles. The van der Waals surface area contributed by atoms with E-state index in [0.29, 0.717) is 37.0 Å². The van der Waals surface area contributed by atoms with Crippen LogP contribution in [-0.2, 0) is 6.54 Å². The molecule has 0 amide bonds. The van der Waals surface area contributed by atoms with Gasteiger partial charge >= 0.3 is 6.01 Å². The van der Waals surface area contributed by atoms with E-state index in [1.54, 1.807) is 6.26 Å². The Hall–Kier alpha value is -2.35. The third-order valence-electron chi connectivity index (χ3n) is 4.16. The van der Waals surface area contributed by atoms with Crippen molar-refractivity contribution < 1.29 is 9.15 Å². The maximum absolute atomic E-state index is 5.46. The van der Waals surface area contributed by atoms with Gasteiger partial charge in [-0.1, -0.05) is 0 Å². The summed E-state index contributed by atoms with van der Waals surface area (Å²) in [6, 6.07) is 4.07. The Balaban J connectivity index is 1.62. The van der Waals surface area contributed by atoms with E-state index in [2.05, 4.69) is 37.5 Å². The van der Waals surface area contributed by atoms with E-state index >= 15 is 0 Å². The highest BCUT2D eigenvalue weighted by molar-refractivity contribution is 5.36. The third kappa shape index (κ3) is 5.32. The Labute approximate surface area is 148 Å². The molecule has 0 saturated carbocycles. The fraction of sp³-hybridized carbons (Fsp3) is 0.588. The normalized spacial score (nSPS) is 18.1. The van der Waals surface area contributed by atoms with Crippen LogP contribution < -0.4 is 15.4 Å². The lowest BCUT2D eigenvalue weighted by Crippen LogP contribution is -2.35. The molecule has 0 radical (unpaired) electrons. The molecule has 25 heavy (non-hydrogen) atoms. The van der Waals surface area contributed by atoms with Gasteiger partial charge in [0.25, 0.3) is 0 Å². The van der Waals surface area contributed by atoms with Gasteiger partial charge in [-0.3, -0.25) is 0 Å². The van der Waals surface area contributed by atoms with Crippen molar-refractivity contribution in [1.29, 1.82) is 0 Å². The predicted octanol–water partition coefficient (Wildman–Crippen LogP) is 2.23. The number of nitrogens with one attached hydrogen (secondary N) is 2. The Morgan fingerprint density at radius 1 is 1.28 bits per heavy atom. The summed E-state index contributed by atoms with van der Waals surface area (Å²) in [5.74, 6) is 2.43. The van der Waals surface area contributed by atoms with Crippen LogP contribution in [0.1, 0.15) is 25.5 Å². The second-order valence-corrected chi connectivity index (χ2v) is 6.28. The molecule has 1 atom stereocenters. The SMILES string of the molecule is CCOc1nc(NCc2ccco2)nc(NCC2CCCN(C)C2)n1. The molecule has 2 aromatic heterocycles. The van der Waals surface area contributed by atoms with E-state index < -0.39 is 0 Å². The first-order valence-corrected chi connectivity index (χ1v) is 8.80. The van der Waals surface area contributed by atoms with E-state index in [1.807, 2.05) is 19.1 Å². The van der Waals surface area contributed by atoms with Crippen LogP contribution >= 0.6 is 0 Å². The van der Waals surface area contributed by atoms with Gasteiger partial charge in [0, 0.05) is 13.1 Å². The standard InChI is InChI=1S/C17H26N6O2/c1-3-24-17-21-15(18-10-13-6-4-8-23(2)12-13)20-16(22-17)19-11-14-7-5-9-25-14/h5,7,9,13H,3-4,6,8,10-12H2,1-2H3,(H2,18,19,20,21,22). The van der Waals surface area contributed by atoms with Crippen LogP contribution in [0.2, 0.25) is 0 Å². The second-order valence-electron chi connectivity index (χ2n) is 6.28. The summed E-state index contributed by atoms with van der Waals surface area (Å²) in [7, 11) is 2.17. The summed E-state index contributed by atoms with van der Waals surface area (Å²) >= 11 is 0. The zero-order chi connectivity index (χ0) is 17.5. The molecule has 8 heteroatoms. The summed E-state index contributed by atoms with van der Waals surface area (Å²) in [6.07, 6.45) is 4.11.